The zero-order chi connectivity index (χ0) is 10.8. The number of hydrogen-bond donors (Lipinski definition) is 3. The van der Waals surface area contributed by atoms with Crippen molar-refractivity contribution in [2.75, 3.05) is 6.54 Å². The highest BCUT2D eigenvalue weighted by molar-refractivity contribution is 6.30. The van der Waals surface area contributed by atoms with E-state index in [0.29, 0.717) is 17.3 Å². The van der Waals surface area contributed by atoms with Gasteiger partial charge in [-0.1, -0.05) is 11.6 Å². The average Bonchev–Trinajstić information content (AvgIpc) is 2.46. The van der Waals surface area contributed by atoms with Crippen LogP contribution >= 0.6 is 24.0 Å². The number of rotatable bonds is 3. The first-order valence-corrected chi connectivity index (χ1v) is 4.67. The first-order chi connectivity index (χ1) is 6.38. The molecule has 0 bridgehead atoms. The number of nitrogens with two attached hydrogens (primary N) is 1. The third-order valence-corrected chi connectivity index (χ3v) is 1.82. The molecule has 0 saturated carbocycles. The molecule has 0 spiro atoms. The van der Waals surface area contributed by atoms with Gasteiger partial charge in [0.05, 0.1) is 5.02 Å². The molecular weight excluding hydrogens is 237 g/mol. The molecule has 0 aliphatic heterocycles. The summed E-state index contributed by atoms with van der Waals surface area (Å²) in [6, 6.07) is 1.57. The van der Waals surface area contributed by atoms with Crippen molar-refractivity contribution in [3.05, 3.63) is 23.0 Å². The zero-order valence-corrected chi connectivity index (χ0v) is 10.2. The Balaban J connectivity index is 0.00000196. The average molecular weight is 252 g/mol. The van der Waals surface area contributed by atoms with Crippen LogP contribution in [-0.4, -0.2) is 23.0 Å². The Kier molecular flexibility index (Phi) is 5.14. The van der Waals surface area contributed by atoms with Gasteiger partial charge in [-0.25, -0.2) is 0 Å². The van der Waals surface area contributed by atoms with Gasteiger partial charge in [-0.2, -0.15) is 0 Å². The topological polar surface area (TPSA) is 70.9 Å². The normalized spacial score (nSPS) is 10.7. The van der Waals surface area contributed by atoms with Crippen molar-refractivity contribution in [1.82, 2.24) is 10.3 Å². The van der Waals surface area contributed by atoms with E-state index in [9.17, 15) is 4.79 Å². The van der Waals surface area contributed by atoms with E-state index < -0.39 is 5.54 Å². The number of amides is 1. The smallest absolute Gasteiger partial charge is 0.267 e. The Bertz CT molecular complexity index is 330. The Hall–Kier alpha value is -0.710. The molecule has 1 heterocycles. The fourth-order valence-corrected chi connectivity index (χ4v) is 1.07. The van der Waals surface area contributed by atoms with Crippen molar-refractivity contribution in [2.45, 2.75) is 19.4 Å². The number of aromatic amines is 1. The molecule has 0 aromatic carbocycles. The van der Waals surface area contributed by atoms with Gasteiger partial charge in [-0.15, -0.1) is 12.4 Å². The SMILES string of the molecule is CC(C)(N)CNC(=O)c1cc(Cl)c[nH]1.Cl. The summed E-state index contributed by atoms with van der Waals surface area (Å²) in [4.78, 5) is 14.2. The summed E-state index contributed by atoms with van der Waals surface area (Å²) in [6.07, 6.45) is 1.56. The molecule has 0 aliphatic rings. The highest BCUT2D eigenvalue weighted by atomic mass is 35.5. The molecule has 0 radical (unpaired) electrons. The number of carbonyl (C=O) groups is 1. The molecule has 4 N–H and O–H groups in total. The minimum atomic E-state index is -0.411. The molecule has 0 atom stereocenters. The lowest BCUT2D eigenvalue weighted by Gasteiger charge is -2.18. The van der Waals surface area contributed by atoms with Crippen LogP contribution in [0.4, 0.5) is 0 Å². The van der Waals surface area contributed by atoms with Crippen molar-refractivity contribution in [1.29, 1.82) is 0 Å². The van der Waals surface area contributed by atoms with E-state index in [1.54, 1.807) is 12.3 Å². The standard InChI is InChI=1S/C9H14ClN3O.ClH/c1-9(2,11)5-13-8(14)7-3-6(10)4-12-7;/h3-4,12H,5,11H2,1-2H3,(H,13,14);1H. The van der Waals surface area contributed by atoms with Crippen LogP contribution in [0.1, 0.15) is 24.3 Å². The first-order valence-electron chi connectivity index (χ1n) is 4.29. The van der Waals surface area contributed by atoms with Crippen molar-refractivity contribution in [3.63, 3.8) is 0 Å². The molecule has 0 unspecified atom stereocenters. The van der Waals surface area contributed by atoms with Crippen LogP contribution in [-0.2, 0) is 0 Å². The molecule has 1 aromatic rings. The molecule has 1 amide bonds. The summed E-state index contributed by atoms with van der Waals surface area (Å²) in [5.41, 5.74) is 5.75. The maximum Gasteiger partial charge on any atom is 0.267 e. The summed E-state index contributed by atoms with van der Waals surface area (Å²) in [7, 11) is 0. The van der Waals surface area contributed by atoms with Crippen LogP contribution < -0.4 is 11.1 Å². The van der Waals surface area contributed by atoms with Gasteiger partial charge in [-0.05, 0) is 19.9 Å². The predicted molar refractivity (Wildman–Crippen MR) is 63.7 cm³/mol. The summed E-state index contributed by atoms with van der Waals surface area (Å²) in [5, 5.41) is 3.21. The molecule has 4 nitrogen and oxygen atoms in total. The molecule has 1 rings (SSSR count). The highest BCUT2D eigenvalue weighted by Crippen LogP contribution is 2.09. The zero-order valence-electron chi connectivity index (χ0n) is 8.63. The van der Waals surface area contributed by atoms with E-state index in [2.05, 4.69) is 10.3 Å². The second kappa shape index (κ2) is 5.39. The van der Waals surface area contributed by atoms with Gasteiger partial charge in [0.2, 0.25) is 0 Å². The quantitative estimate of drug-likeness (QED) is 0.763. The van der Waals surface area contributed by atoms with Crippen LogP contribution in [0.15, 0.2) is 12.3 Å². The third kappa shape index (κ3) is 5.06. The number of carbonyl (C=O) groups excluding carboxylic acids is 1. The second-order valence-electron chi connectivity index (χ2n) is 3.90. The van der Waals surface area contributed by atoms with Gasteiger partial charge in [0.15, 0.2) is 0 Å². The molecule has 1 aromatic heterocycles. The minimum Gasteiger partial charge on any atom is -0.356 e. The van der Waals surface area contributed by atoms with Gasteiger partial charge in [0, 0.05) is 18.3 Å². The van der Waals surface area contributed by atoms with Gasteiger partial charge in [0.25, 0.3) is 5.91 Å². The second-order valence-corrected chi connectivity index (χ2v) is 4.34. The maximum absolute atomic E-state index is 11.4. The monoisotopic (exact) mass is 251 g/mol. The first kappa shape index (κ1) is 14.3. The van der Waals surface area contributed by atoms with E-state index >= 15 is 0 Å². The summed E-state index contributed by atoms with van der Waals surface area (Å²) in [5.74, 6) is -0.199. The third-order valence-electron chi connectivity index (χ3n) is 1.60. The van der Waals surface area contributed by atoms with Crippen LogP contribution in [0.2, 0.25) is 5.02 Å². The Morgan fingerprint density at radius 1 is 1.67 bits per heavy atom. The molecular formula is C9H15Cl2N3O. The van der Waals surface area contributed by atoms with E-state index in [0.717, 1.165) is 0 Å². The predicted octanol–water partition coefficient (Wildman–Crippen LogP) is 1.56. The van der Waals surface area contributed by atoms with Gasteiger partial charge >= 0.3 is 0 Å². The lowest BCUT2D eigenvalue weighted by molar-refractivity contribution is 0.0941. The Labute approximate surface area is 100.0 Å². The Morgan fingerprint density at radius 3 is 2.67 bits per heavy atom. The van der Waals surface area contributed by atoms with Crippen LogP contribution in [0, 0.1) is 0 Å². The fourth-order valence-electron chi connectivity index (χ4n) is 0.902. The highest BCUT2D eigenvalue weighted by Gasteiger charge is 2.13. The van der Waals surface area contributed by atoms with E-state index in [1.807, 2.05) is 13.8 Å². The van der Waals surface area contributed by atoms with Crippen molar-refractivity contribution >= 4 is 29.9 Å². The molecule has 0 saturated heterocycles. The van der Waals surface area contributed by atoms with E-state index in [-0.39, 0.29) is 18.3 Å². The molecule has 15 heavy (non-hydrogen) atoms. The largest absolute Gasteiger partial charge is 0.356 e. The summed E-state index contributed by atoms with van der Waals surface area (Å²) < 4.78 is 0. The Morgan fingerprint density at radius 2 is 2.27 bits per heavy atom. The number of hydrogen-bond acceptors (Lipinski definition) is 2. The minimum absolute atomic E-state index is 0. The lowest BCUT2D eigenvalue weighted by Crippen LogP contribution is -2.45. The molecule has 6 heteroatoms. The van der Waals surface area contributed by atoms with Crippen molar-refractivity contribution in [3.8, 4) is 0 Å². The van der Waals surface area contributed by atoms with Crippen LogP contribution in [0.25, 0.3) is 0 Å². The van der Waals surface area contributed by atoms with Gasteiger partial charge in [-0.3, -0.25) is 4.79 Å². The molecule has 0 fully saturated rings. The van der Waals surface area contributed by atoms with Crippen molar-refractivity contribution < 1.29 is 4.79 Å². The number of halogens is 2. The van der Waals surface area contributed by atoms with Crippen LogP contribution in [0.3, 0.4) is 0 Å². The molecule has 0 aliphatic carbocycles. The van der Waals surface area contributed by atoms with Gasteiger partial charge in [0.1, 0.15) is 5.69 Å². The maximum atomic E-state index is 11.4. The fraction of sp³-hybridized carbons (Fsp3) is 0.444. The molecule has 86 valence electrons. The summed E-state index contributed by atoms with van der Waals surface area (Å²) >= 11 is 5.66. The number of H-pyrrole nitrogens is 1. The number of nitrogens with one attached hydrogen (secondary N) is 2. The van der Waals surface area contributed by atoms with Crippen LogP contribution in [0.5, 0.6) is 0 Å². The number of aromatic nitrogens is 1. The van der Waals surface area contributed by atoms with Crippen molar-refractivity contribution in [2.24, 2.45) is 5.73 Å². The summed E-state index contributed by atoms with van der Waals surface area (Å²) in [6.45, 7) is 4.10. The van der Waals surface area contributed by atoms with E-state index in [4.69, 9.17) is 17.3 Å². The lowest BCUT2D eigenvalue weighted by atomic mass is 10.1. The van der Waals surface area contributed by atoms with E-state index in [1.165, 1.54) is 0 Å². The van der Waals surface area contributed by atoms with Gasteiger partial charge < -0.3 is 16.0 Å².